The van der Waals surface area contributed by atoms with Gasteiger partial charge in [0.05, 0.1) is 18.8 Å². The maximum absolute atomic E-state index is 13.7. The molecule has 1 fully saturated rings. The van der Waals surface area contributed by atoms with E-state index < -0.39 is 34.8 Å². The van der Waals surface area contributed by atoms with Crippen molar-refractivity contribution in [3.8, 4) is 0 Å². The Morgan fingerprint density at radius 2 is 1.69 bits per heavy atom. The molecule has 0 spiro atoms. The summed E-state index contributed by atoms with van der Waals surface area (Å²) in [6.07, 6.45) is -2.34. The van der Waals surface area contributed by atoms with Crippen LogP contribution < -0.4 is 14.9 Å². The van der Waals surface area contributed by atoms with Crippen LogP contribution in [0.15, 0.2) is 66.9 Å². The zero-order valence-electron chi connectivity index (χ0n) is 22.6. The molecule has 1 aliphatic heterocycles. The van der Waals surface area contributed by atoms with Crippen molar-refractivity contribution in [1.82, 2.24) is 10.3 Å². The second kappa shape index (κ2) is 14.4. The number of morpholine rings is 1. The van der Waals surface area contributed by atoms with Crippen LogP contribution in [0, 0.1) is 0 Å². The Kier molecular flexibility index (Phi) is 10.7. The summed E-state index contributed by atoms with van der Waals surface area (Å²) in [6.45, 7) is 3.11. The van der Waals surface area contributed by atoms with Gasteiger partial charge in [0.1, 0.15) is 5.69 Å². The van der Waals surface area contributed by atoms with Gasteiger partial charge in [-0.25, -0.2) is 4.21 Å². The second-order valence-electron chi connectivity index (χ2n) is 9.72. The molecule has 0 saturated carbocycles. The molecule has 2 heterocycles. The Labute approximate surface area is 243 Å². The summed E-state index contributed by atoms with van der Waals surface area (Å²) in [4.78, 5) is 31.8. The molecule has 0 radical (unpaired) electrons. The number of carbonyl (C=O) groups excluding carboxylic acids is 2. The van der Waals surface area contributed by atoms with Crippen LogP contribution in [0.1, 0.15) is 57.2 Å². The zero-order valence-corrected chi connectivity index (χ0v) is 23.4. The third-order valence-corrected chi connectivity index (χ3v) is 7.30. The molecule has 1 aliphatic rings. The first-order valence-electron chi connectivity index (χ1n) is 13.4. The number of anilines is 2. The summed E-state index contributed by atoms with van der Waals surface area (Å²) in [5.74, 6) is -1.16. The standard InChI is InChI=1S/C29H31F3N4O5S/c30-29(31,32)22-8-13-26(34-19-22)28(38)33-14-2-1-3-25(20-4-9-23(10-5-20)35-42(39)40)27(37)21-6-11-24(12-7-21)36-15-17-41-18-16-36/h4-13,19,25,35H,1-3,14-18H2,(H,33,38)(H,39,40). The third kappa shape index (κ3) is 8.60. The van der Waals surface area contributed by atoms with E-state index in [2.05, 4.69) is 19.9 Å². The highest BCUT2D eigenvalue weighted by Crippen LogP contribution is 2.30. The molecule has 0 aliphatic carbocycles. The van der Waals surface area contributed by atoms with E-state index in [0.29, 0.717) is 49.9 Å². The smallest absolute Gasteiger partial charge is 0.378 e. The summed E-state index contributed by atoms with van der Waals surface area (Å²) >= 11 is -2.23. The topological polar surface area (TPSA) is 121 Å². The van der Waals surface area contributed by atoms with Crippen LogP contribution in [0.3, 0.4) is 0 Å². The molecule has 42 heavy (non-hydrogen) atoms. The lowest BCUT2D eigenvalue weighted by atomic mass is 9.86. The first-order chi connectivity index (χ1) is 20.1. The van der Waals surface area contributed by atoms with Gasteiger partial charge < -0.3 is 15.0 Å². The molecular weight excluding hydrogens is 573 g/mol. The van der Waals surface area contributed by atoms with E-state index in [4.69, 9.17) is 9.29 Å². The lowest BCUT2D eigenvalue weighted by Gasteiger charge is -2.29. The van der Waals surface area contributed by atoms with E-state index in [1.165, 1.54) is 0 Å². The minimum Gasteiger partial charge on any atom is -0.378 e. The monoisotopic (exact) mass is 604 g/mol. The van der Waals surface area contributed by atoms with Crippen LogP contribution in [0.5, 0.6) is 0 Å². The largest absolute Gasteiger partial charge is 0.417 e. The molecular formula is C29H31F3N4O5S. The van der Waals surface area contributed by atoms with E-state index in [1.807, 2.05) is 24.3 Å². The number of hydrogen-bond acceptors (Lipinski definition) is 6. The van der Waals surface area contributed by atoms with E-state index in [-0.39, 0.29) is 18.0 Å². The predicted octanol–water partition coefficient (Wildman–Crippen LogP) is 5.05. The van der Waals surface area contributed by atoms with Crippen LogP contribution in [-0.4, -0.2) is 58.3 Å². The number of rotatable bonds is 12. The molecule has 9 nitrogen and oxygen atoms in total. The van der Waals surface area contributed by atoms with Crippen molar-refractivity contribution in [2.24, 2.45) is 0 Å². The number of halogens is 3. The summed E-state index contributed by atoms with van der Waals surface area (Å²) in [6, 6.07) is 16.0. The van der Waals surface area contributed by atoms with E-state index in [1.54, 1.807) is 24.3 Å². The van der Waals surface area contributed by atoms with Crippen LogP contribution in [0.4, 0.5) is 24.5 Å². The molecule has 1 amide bonds. The van der Waals surface area contributed by atoms with Gasteiger partial charge in [0.25, 0.3) is 17.2 Å². The lowest BCUT2D eigenvalue weighted by molar-refractivity contribution is -0.137. The summed E-state index contributed by atoms with van der Waals surface area (Å²) in [5, 5.41) is 2.65. The SMILES string of the molecule is O=C(NCCCCC(C(=O)c1ccc(N2CCOCC2)cc1)c1ccc(NS(=O)O)cc1)c1ccc(C(F)(F)F)cn1. The number of alkyl halides is 3. The Hall–Kier alpha value is -3.81. The van der Waals surface area contributed by atoms with Gasteiger partial charge in [-0.3, -0.25) is 23.8 Å². The number of benzene rings is 2. The van der Waals surface area contributed by atoms with Gasteiger partial charge in [-0.05, 0) is 66.9 Å². The van der Waals surface area contributed by atoms with Gasteiger partial charge in [0.15, 0.2) is 5.78 Å². The molecule has 2 aromatic carbocycles. The first-order valence-corrected chi connectivity index (χ1v) is 14.5. The van der Waals surface area contributed by atoms with Crippen LogP contribution >= 0.6 is 0 Å². The van der Waals surface area contributed by atoms with Crippen LogP contribution in [-0.2, 0) is 22.2 Å². The molecule has 1 aromatic heterocycles. The number of nitrogens with zero attached hydrogens (tertiary/aromatic N) is 2. The average molecular weight is 605 g/mol. The molecule has 4 rings (SSSR count). The Bertz CT molecular complexity index is 1360. The number of carbonyl (C=O) groups is 2. The molecule has 1 saturated heterocycles. The number of ether oxygens (including phenoxy) is 1. The van der Waals surface area contributed by atoms with Gasteiger partial charge in [-0.15, -0.1) is 0 Å². The zero-order chi connectivity index (χ0) is 30.1. The molecule has 224 valence electrons. The van der Waals surface area contributed by atoms with Gasteiger partial charge in [0.2, 0.25) is 0 Å². The fourth-order valence-corrected chi connectivity index (χ4v) is 4.99. The Balaban J connectivity index is 1.38. The maximum atomic E-state index is 13.7. The quantitative estimate of drug-likeness (QED) is 0.150. The predicted molar refractivity (Wildman–Crippen MR) is 153 cm³/mol. The Morgan fingerprint density at radius 3 is 2.29 bits per heavy atom. The van der Waals surface area contributed by atoms with Crippen molar-refractivity contribution in [2.45, 2.75) is 31.4 Å². The van der Waals surface area contributed by atoms with Crippen molar-refractivity contribution in [3.63, 3.8) is 0 Å². The number of unbranched alkanes of at least 4 members (excludes halogenated alkanes) is 1. The number of nitrogens with one attached hydrogen (secondary N) is 2. The fourth-order valence-electron chi connectivity index (χ4n) is 4.65. The van der Waals surface area contributed by atoms with Gasteiger partial charge >= 0.3 is 6.18 Å². The lowest BCUT2D eigenvalue weighted by Crippen LogP contribution is -2.36. The molecule has 13 heteroatoms. The molecule has 3 N–H and O–H groups in total. The highest BCUT2D eigenvalue weighted by atomic mass is 32.2. The Morgan fingerprint density at radius 1 is 1.00 bits per heavy atom. The number of aromatic nitrogens is 1. The highest BCUT2D eigenvalue weighted by Gasteiger charge is 2.31. The molecule has 0 bridgehead atoms. The minimum atomic E-state index is -4.53. The van der Waals surface area contributed by atoms with E-state index in [0.717, 1.165) is 36.5 Å². The summed E-state index contributed by atoms with van der Waals surface area (Å²) in [7, 11) is 0. The number of amides is 1. The summed E-state index contributed by atoms with van der Waals surface area (Å²) < 4.78 is 66.1. The van der Waals surface area contributed by atoms with Gasteiger partial charge in [0, 0.05) is 48.7 Å². The number of ketones is 1. The average Bonchev–Trinajstić information content (AvgIpc) is 2.99. The van der Waals surface area contributed by atoms with Crippen LogP contribution in [0.2, 0.25) is 0 Å². The first kappa shape index (κ1) is 31.1. The third-order valence-electron chi connectivity index (χ3n) is 6.89. The van der Waals surface area contributed by atoms with Crippen molar-refractivity contribution in [1.29, 1.82) is 0 Å². The highest BCUT2D eigenvalue weighted by molar-refractivity contribution is 7.80. The minimum absolute atomic E-state index is 0.0760. The van der Waals surface area contributed by atoms with E-state index in [9.17, 15) is 27.0 Å². The normalized spacial score (nSPS) is 15.1. The molecule has 2 unspecified atom stereocenters. The summed E-state index contributed by atoms with van der Waals surface area (Å²) in [5.41, 5.74) is 1.69. The number of pyridine rings is 1. The molecule has 3 aromatic rings. The fraction of sp³-hybridized carbons (Fsp3) is 0.345. The van der Waals surface area contributed by atoms with Crippen LogP contribution in [0.25, 0.3) is 0 Å². The van der Waals surface area contributed by atoms with E-state index >= 15 is 0 Å². The van der Waals surface area contributed by atoms with Gasteiger partial charge in [-0.2, -0.15) is 13.2 Å². The van der Waals surface area contributed by atoms with Crippen molar-refractivity contribution in [2.75, 3.05) is 42.5 Å². The van der Waals surface area contributed by atoms with Gasteiger partial charge in [-0.1, -0.05) is 18.6 Å². The van der Waals surface area contributed by atoms with Crippen molar-refractivity contribution in [3.05, 3.63) is 89.2 Å². The number of hydrogen-bond donors (Lipinski definition) is 3. The molecule has 2 atom stereocenters. The van der Waals surface area contributed by atoms with Crippen molar-refractivity contribution >= 4 is 34.3 Å². The van der Waals surface area contributed by atoms with Crippen molar-refractivity contribution < 1.29 is 36.3 Å². The number of Topliss-reactive ketones (excluding diaryl/α,β-unsaturated/α-hetero) is 1. The second-order valence-corrected chi connectivity index (χ2v) is 10.4. The maximum Gasteiger partial charge on any atom is 0.417 e.